The second kappa shape index (κ2) is 17.5. The van der Waals surface area contributed by atoms with E-state index in [9.17, 15) is 0 Å². The molecular formula is C16H13B24N. The minimum Gasteiger partial charge on any atom is -0.355 e. The molecule has 1 N–H and O–H groups in total. The number of benzene rings is 3. The molecule has 41 heavy (non-hydrogen) atoms. The van der Waals surface area contributed by atoms with E-state index in [1.807, 2.05) is 18.2 Å². The smallest absolute Gasteiger partial charge is 0.0463 e. The third kappa shape index (κ3) is 10.4. The Hall–Kier alpha value is -0.722. The van der Waals surface area contributed by atoms with E-state index in [0.717, 1.165) is 11.4 Å². The average Bonchev–Trinajstić information content (AvgIpc) is 2.89. The van der Waals surface area contributed by atoms with Gasteiger partial charge in [-0.05, 0) is 23.6 Å². The minimum atomic E-state index is -0.973. The number of para-hydroxylation sites is 1. The molecule has 3 aromatic rings. The first-order valence-electron chi connectivity index (χ1n) is 13.4. The number of fused-ring (bicyclic) bond motifs is 1. The maximum absolute atomic E-state index is 6.10. The highest BCUT2D eigenvalue weighted by molar-refractivity contribution is 8.23. The van der Waals surface area contributed by atoms with Gasteiger partial charge < -0.3 is 5.32 Å². The maximum atomic E-state index is 6.10. The van der Waals surface area contributed by atoms with E-state index in [1.165, 1.54) is 10.8 Å². The first kappa shape index (κ1) is 36.5. The highest BCUT2D eigenvalue weighted by Crippen LogP contribution is 2.26. The van der Waals surface area contributed by atoms with Crippen molar-refractivity contribution in [2.45, 2.75) is 0 Å². The fourth-order valence-corrected chi connectivity index (χ4v) is 5.35. The predicted octanol–water partition coefficient (Wildman–Crippen LogP) is -4.56. The number of hydrogen-bond donors (Lipinski definition) is 1. The molecule has 0 bridgehead atoms. The van der Waals surface area contributed by atoms with Gasteiger partial charge in [-0.2, -0.15) is 0 Å². The monoisotopic (exact) mass is 483 g/mol. The first-order chi connectivity index (χ1) is 19.3. The molecule has 0 amide bonds. The normalized spacial score (nSPS) is 9.76. The third-order valence-electron chi connectivity index (χ3n) is 7.29. The van der Waals surface area contributed by atoms with Crippen LogP contribution >= 0.6 is 0 Å². The molecule has 0 heterocycles. The van der Waals surface area contributed by atoms with Crippen LogP contribution in [0.2, 0.25) is 0 Å². The summed E-state index contributed by atoms with van der Waals surface area (Å²) >= 11 is 0. The molecule has 0 saturated heterocycles. The van der Waals surface area contributed by atoms with Crippen LogP contribution < -0.4 is 5.32 Å². The summed E-state index contributed by atoms with van der Waals surface area (Å²) in [5, 5.41) is 5.95. The van der Waals surface area contributed by atoms with E-state index in [1.54, 1.807) is 0 Å². The first-order valence-corrected chi connectivity index (χ1v) is 13.4. The second-order valence-electron chi connectivity index (χ2n) is 10.4. The summed E-state index contributed by atoms with van der Waals surface area (Å²) in [7, 11) is 76.2. The van der Waals surface area contributed by atoms with Crippen molar-refractivity contribution in [2.24, 2.45) is 0 Å². The van der Waals surface area contributed by atoms with Crippen molar-refractivity contribution in [1.82, 2.24) is 0 Å². The van der Waals surface area contributed by atoms with Gasteiger partial charge in [-0.1, -0.05) is 54.6 Å². The molecule has 0 aromatic heterocycles. The summed E-state index contributed by atoms with van der Waals surface area (Å²) in [6.45, 7) is 0. The van der Waals surface area contributed by atoms with Gasteiger partial charge in [-0.15, -0.1) is 0 Å². The second-order valence-corrected chi connectivity index (χ2v) is 10.4. The summed E-state index contributed by atoms with van der Waals surface area (Å²) in [6.07, 6.45) is -9.56. The lowest BCUT2D eigenvalue weighted by Gasteiger charge is -2.46. The van der Waals surface area contributed by atoms with Crippen molar-refractivity contribution in [2.75, 3.05) is 5.32 Å². The molecule has 0 aliphatic rings. The summed E-state index contributed by atoms with van der Waals surface area (Å²) in [5.74, 6) is 0. The van der Waals surface area contributed by atoms with E-state index in [0.29, 0.717) is 0 Å². The lowest BCUT2D eigenvalue weighted by Crippen LogP contribution is -2.84. The van der Waals surface area contributed by atoms with Gasteiger partial charge in [0.15, 0.2) is 0 Å². The molecule has 0 fully saturated rings. The topological polar surface area (TPSA) is 12.0 Å². The van der Waals surface area contributed by atoms with Crippen LogP contribution in [0.1, 0.15) is 0 Å². The molecule has 0 aliphatic carbocycles. The molecule has 1 nitrogen and oxygen atoms in total. The number of anilines is 2. The summed E-state index contributed by atoms with van der Waals surface area (Å²) < 4.78 is 0. The van der Waals surface area contributed by atoms with Gasteiger partial charge in [0.2, 0.25) is 0 Å². The molecule has 0 unspecified atom stereocenters. The SMILES string of the molecule is [B]B([B])B([B])B(B([B])[B])B(B(B([B])[B])B([B])[B])B(B([B])[B])B([B])[B].c1ccc(Nc2cccc3ccccc23)cc1. The molecule has 0 atom stereocenters. The molecule has 26 radical (unpaired) electrons. The third-order valence-corrected chi connectivity index (χ3v) is 7.29. The molecule has 3 aromatic carbocycles. The predicted molar refractivity (Wildman–Crippen MR) is 212 cm³/mol. The van der Waals surface area contributed by atoms with Crippen molar-refractivity contribution in [3.63, 3.8) is 0 Å². The Labute approximate surface area is 269 Å². The largest absolute Gasteiger partial charge is 0.355 e. The van der Waals surface area contributed by atoms with Crippen LogP contribution in [0.25, 0.3) is 10.8 Å². The molecule has 3 rings (SSSR count). The fraction of sp³-hybridized carbons (Fsp3) is 0. The Morgan fingerprint density at radius 2 is 0.829 bits per heavy atom. The van der Waals surface area contributed by atoms with Gasteiger partial charge in [-0.3, -0.25) is 0 Å². The summed E-state index contributed by atoms with van der Waals surface area (Å²) in [5.41, 5.74) is 2.26. The minimum absolute atomic E-state index is 0.713. The zero-order valence-electron chi connectivity index (χ0n) is 23.3. The maximum Gasteiger partial charge on any atom is 0.0463 e. The van der Waals surface area contributed by atoms with Crippen molar-refractivity contribution < 1.29 is 0 Å². The Kier molecular flexibility index (Phi) is 15.6. The molecule has 25 heteroatoms. The van der Waals surface area contributed by atoms with Crippen LogP contribution in [0.3, 0.4) is 0 Å². The van der Waals surface area contributed by atoms with Gasteiger partial charge in [0.05, 0.1) is 0 Å². The Morgan fingerprint density at radius 3 is 1.29 bits per heavy atom. The van der Waals surface area contributed by atoms with Crippen molar-refractivity contribution >= 4 is 193 Å². The molecular weight excluding hydrogens is 466 g/mol. The van der Waals surface area contributed by atoms with Gasteiger partial charge >= 0.3 is 0 Å². The highest BCUT2D eigenvalue weighted by Gasteiger charge is 2.48. The van der Waals surface area contributed by atoms with Crippen LogP contribution in [-0.4, -0.2) is 171 Å². The lowest BCUT2D eigenvalue weighted by atomic mass is 8.35. The number of hydrogen-bond acceptors (Lipinski definition) is 1. The van der Waals surface area contributed by atoms with E-state index in [4.69, 9.17) is 101 Å². The number of nitrogens with one attached hydrogen (secondary N) is 1. The van der Waals surface area contributed by atoms with Gasteiger partial charge in [0.1, 0.15) is 0 Å². The Morgan fingerprint density at radius 1 is 0.390 bits per heavy atom. The van der Waals surface area contributed by atoms with Crippen molar-refractivity contribution in [3.8, 4) is 0 Å². The fourth-order valence-electron chi connectivity index (χ4n) is 5.35. The van der Waals surface area contributed by atoms with Crippen LogP contribution in [0, 0.1) is 0 Å². The van der Waals surface area contributed by atoms with E-state index in [2.05, 4.69) is 59.9 Å². The van der Waals surface area contributed by atoms with Gasteiger partial charge in [0.25, 0.3) is 0 Å². The molecule has 0 saturated carbocycles. The zero-order valence-corrected chi connectivity index (χ0v) is 23.3. The summed E-state index contributed by atoms with van der Waals surface area (Å²) in [6, 6.07) is 25.0. The van der Waals surface area contributed by atoms with Crippen molar-refractivity contribution in [3.05, 3.63) is 72.8 Å². The van der Waals surface area contributed by atoms with E-state index in [-0.39, 0.29) is 0 Å². The molecule has 0 aliphatic heterocycles. The quantitative estimate of drug-likeness (QED) is 0.259. The van der Waals surface area contributed by atoms with Gasteiger partial charge in [0, 0.05) is 188 Å². The molecule has 154 valence electrons. The zero-order chi connectivity index (χ0) is 30.9. The number of rotatable bonds is 12. The van der Waals surface area contributed by atoms with Gasteiger partial charge in [-0.25, -0.2) is 0 Å². The van der Waals surface area contributed by atoms with E-state index >= 15 is 0 Å². The standard InChI is InChI=1S/C16H13N.B24/c1-2-9-14(10-3-1)17-16-12-6-8-13-7-4-5-11-15(13)16;1-14(2)20(13)23(19(11)12)24(21(15(3)4)16(5)6)22(17(7)8)18(9)10/h1-12,17H;. The Balaban J connectivity index is 0.000000300. The highest BCUT2D eigenvalue weighted by atomic mass is 14.9. The molecule has 0 spiro atoms. The Bertz CT molecular complexity index is 1120. The summed E-state index contributed by atoms with van der Waals surface area (Å²) in [4.78, 5) is 0. The van der Waals surface area contributed by atoms with Crippen LogP contribution in [0.5, 0.6) is 0 Å². The van der Waals surface area contributed by atoms with Crippen LogP contribution in [-0.2, 0) is 0 Å². The average molecular weight is 479 g/mol. The lowest BCUT2D eigenvalue weighted by molar-refractivity contribution is 1.58. The van der Waals surface area contributed by atoms with E-state index < -0.39 is 70.2 Å². The van der Waals surface area contributed by atoms with Crippen LogP contribution in [0.4, 0.5) is 11.4 Å². The van der Waals surface area contributed by atoms with Crippen LogP contribution in [0.15, 0.2) is 72.8 Å². The van der Waals surface area contributed by atoms with Crippen molar-refractivity contribution in [1.29, 1.82) is 0 Å².